The summed E-state index contributed by atoms with van der Waals surface area (Å²) in [7, 11) is 0. The molecule has 0 bridgehead atoms. The van der Waals surface area contributed by atoms with Gasteiger partial charge in [-0.15, -0.1) is 0 Å². The fourth-order valence-corrected chi connectivity index (χ4v) is 4.64. The van der Waals surface area contributed by atoms with Crippen molar-refractivity contribution in [1.29, 1.82) is 0 Å². The zero-order chi connectivity index (χ0) is 24.8. The number of rotatable bonds is 22. The van der Waals surface area contributed by atoms with E-state index in [0.29, 0.717) is 13.2 Å². The van der Waals surface area contributed by atoms with Crippen LogP contribution >= 0.6 is 0 Å². The molecular weight excluding hydrogens is 434 g/mol. The first-order valence-electron chi connectivity index (χ1n) is 14.6. The van der Waals surface area contributed by atoms with Crippen molar-refractivity contribution in [3.8, 4) is 5.75 Å². The maximum atomic E-state index is 9.13. The summed E-state index contributed by atoms with van der Waals surface area (Å²) in [5.74, 6) is 1.78. The Labute approximate surface area is 215 Å². The normalized spacial score (nSPS) is 13.7. The lowest BCUT2D eigenvalue weighted by atomic mass is 10.0. The van der Waals surface area contributed by atoms with Crippen molar-refractivity contribution in [2.75, 3.05) is 32.9 Å². The molecule has 1 heterocycles. The third-order valence-electron chi connectivity index (χ3n) is 6.86. The molecule has 0 spiro atoms. The van der Waals surface area contributed by atoms with Crippen LogP contribution in [0.1, 0.15) is 115 Å². The molecule has 0 amide bonds. The van der Waals surface area contributed by atoms with Crippen LogP contribution in [-0.2, 0) is 4.74 Å². The van der Waals surface area contributed by atoms with Gasteiger partial charge in [0, 0.05) is 0 Å². The van der Waals surface area contributed by atoms with Crippen LogP contribution < -0.4 is 4.74 Å². The van der Waals surface area contributed by atoms with Crippen LogP contribution in [0.3, 0.4) is 0 Å². The summed E-state index contributed by atoms with van der Waals surface area (Å²) in [5.41, 5.74) is 1.12. The third-order valence-corrected chi connectivity index (χ3v) is 6.86. The molecule has 1 aromatic rings. The second kappa shape index (κ2) is 20.4. The average Bonchev–Trinajstić information content (AvgIpc) is 3.32. The SMILES string of the molecule is CCCCCCCCCCCCCCCCCCOc1ccc(/C=C/C2=[N+](CCO)CCO2)cc1. The van der Waals surface area contributed by atoms with Crippen LogP contribution in [0.15, 0.2) is 30.3 Å². The highest BCUT2D eigenvalue weighted by Gasteiger charge is 2.20. The van der Waals surface area contributed by atoms with Gasteiger partial charge in [-0.05, 0) is 30.2 Å². The lowest BCUT2D eigenvalue weighted by Crippen LogP contribution is -2.18. The highest BCUT2D eigenvalue weighted by atomic mass is 16.5. The minimum Gasteiger partial charge on any atom is -0.494 e. The van der Waals surface area contributed by atoms with E-state index in [1.807, 2.05) is 24.3 Å². The van der Waals surface area contributed by atoms with Crippen LogP contribution in [0.4, 0.5) is 0 Å². The highest BCUT2D eigenvalue weighted by Crippen LogP contribution is 2.16. The van der Waals surface area contributed by atoms with Gasteiger partial charge in [-0.2, -0.15) is 4.58 Å². The largest absolute Gasteiger partial charge is 0.494 e. The predicted octanol–water partition coefficient (Wildman–Crippen LogP) is 7.77. The quantitative estimate of drug-likeness (QED) is 0.134. The molecule has 0 radical (unpaired) electrons. The third kappa shape index (κ3) is 14.4. The summed E-state index contributed by atoms with van der Waals surface area (Å²) >= 11 is 0. The number of ether oxygens (including phenoxy) is 2. The van der Waals surface area contributed by atoms with Gasteiger partial charge in [0.2, 0.25) is 0 Å². The molecule has 35 heavy (non-hydrogen) atoms. The molecule has 0 aliphatic carbocycles. The standard InChI is InChI=1S/C31H52NO3/c1-2-3-4-5-6-7-8-9-10-11-12-13-14-15-16-17-27-34-30-21-18-29(19-22-30)20-23-31-32(24-26-33)25-28-35-31/h18-23,33H,2-17,24-28H2,1H3/q+1/b23-20+. The summed E-state index contributed by atoms with van der Waals surface area (Å²) in [6, 6.07) is 8.23. The molecule has 1 N–H and O–H groups in total. The monoisotopic (exact) mass is 486 g/mol. The van der Waals surface area contributed by atoms with Gasteiger partial charge >= 0.3 is 5.90 Å². The van der Waals surface area contributed by atoms with Crippen molar-refractivity contribution in [1.82, 2.24) is 0 Å². The van der Waals surface area contributed by atoms with E-state index in [1.54, 1.807) is 0 Å². The zero-order valence-electron chi connectivity index (χ0n) is 22.5. The number of hydrogen-bond acceptors (Lipinski definition) is 3. The minimum atomic E-state index is 0.145. The van der Waals surface area contributed by atoms with Crippen LogP contribution in [0.2, 0.25) is 0 Å². The number of β-amino-alcohol motifs (C(OH)–C–C–N with tert-alkyl or cyclic N) is 1. The lowest BCUT2D eigenvalue weighted by molar-refractivity contribution is -0.519. The van der Waals surface area contributed by atoms with Crippen molar-refractivity contribution in [3.63, 3.8) is 0 Å². The van der Waals surface area contributed by atoms with Gasteiger partial charge in [-0.3, -0.25) is 0 Å². The Hall–Kier alpha value is -1.81. The summed E-state index contributed by atoms with van der Waals surface area (Å²) in [6.07, 6.45) is 26.3. The maximum Gasteiger partial charge on any atom is 0.362 e. The molecule has 1 aliphatic heterocycles. The molecular formula is C31H52NO3+. The second-order valence-electron chi connectivity index (χ2n) is 9.95. The number of nitrogens with zero attached hydrogens (tertiary/aromatic N) is 1. The van der Waals surface area contributed by atoms with Crippen molar-refractivity contribution >= 4 is 12.0 Å². The molecule has 0 fully saturated rings. The summed E-state index contributed by atoms with van der Waals surface area (Å²) < 4.78 is 13.6. The number of benzene rings is 1. The van der Waals surface area contributed by atoms with E-state index in [-0.39, 0.29) is 6.61 Å². The molecule has 0 atom stereocenters. The van der Waals surface area contributed by atoms with Gasteiger partial charge in [0.25, 0.3) is 0 Å². The molecule has 0 saturated heterocycles. The summed E-state index contributed by atoms with van der Waals surface area (Å²) in [5, 5.41) is 9.13. The van der Waals surface area contributed by atoms with E-state index >= 15 is 0 Å². The first-order chi connectivity index (χ1) is 17.3. The topological polar surface area (TPSA) is 41.7 Å². The van der Waals surface area contributed by atoms with E-state index in [2.05, 4.69) is 23.6 Å². The Morgan fingerprint density at radius 3 is 1.86 bits per heavy atom. The van der Waals surface area contributed by atoms with Crippen molar-refractivity contribution in [3.05, 3.63) is 35.9 Å². The Morgan fingerprint density at radius 2 is 1.31 bits per heavy atom. The van der Waals surface area contributed by atoms with Crippen LogP contribution in [0, 0.1) is 0 Å². The van der Waals surface area contributed by atoms with E-state index < -0.39 is 0 Å². The van der Waals surface area contributed by atoms with Gasteiger partial charge in [-0.1, -0.05) is 115 Å². The van der Waals surface area contributed by atoms with Gasteiger partial charge in [0.15, 0.2) is 19.7 Å². The second-order valence-corrected chi connectivity index (χ2v) is 9.95. The molecule has 4 heteroatoms. The number of hydrogen-bond donors (Lipinski definition) is 1. The Bertz CT molecular complexity index is 696. The first-order valence-corrected chi connectivity index (χ1v) is 14.6. The molecule has 0 saturated carbocycles. The van der Waals surface area contributed by atoms with E-state index in [1.165, 1.54) is 96.3 Å². The van der Waals surface area contributed by atoms with Gasteiger partial charge in [-0.25, -0.2) is 0 Å². The molecule has 198 valence electrons. The summed E-state index contributed by atoms with van der Waals surface area (Å²) in [4.78, 5) is 0. The van der Waals surface area contributed by atoms with Crippen molar-refractivity contribution in [2.45, 2.75) is 110 Å². The van der Waals surface area contributed by atoms with Crippen LogP contribution in [-0.4, -0.2) is 48.5 Å². The molecule has 4 nitrogen and oxygen atoms in total. The van der Waals surface area contributed by atoms with Crippen LogP contribution in [0.5, 0.6) is 5.75 Å². The highest BCUT2D eigenvalue weighted by molar-refractivity contribution is 5.88. The maximum absolute atomic E-state index is 9.13. The molecule has 1 aliphatic rings. The predicted molar refractivity (Wildman–Crippen MR) is 149 cm³/mol. The molecule has 0 unspecified atom stereocenters. The van der Waals surface area contributed by atoms with E-state index in [0.717, 1.165) is 36.8 Å². The average molecular weight is 487 g/mol. The zero-order valence-corrected chi connectivity index (χ0v) is 22.5. The van der Waals surface area contributed by atoms with Crippen LogP contribution in [0.25, 0.3) is 6.08 Å². The van der Waals surface area contributed by atoms with Gasteiger partial charge < -0.3 is 14.6 Å². The smallest absolute Gasteiger partial charge is 0.362 e. The van der Waals surface area contributed by atoms with Crippen molar-refractivity contribution < 1.29 is 19.2 Å². The van der Waals surface area contributed by atoms with E-state index in [9.17, 15) is 0 Å². The van der Waals surface area contributed by atoms with Crippen molar-refractivity contribution in [2.24, 2.45) is 0 Å². The number of aliphatic hydroxyl groups excluding tert-OH is 1. The number of aliphatic hydroxyl groups is 1. The molecule has 2 rings (SSSR count). The number of unbranched alkanes of at least 4 members (excludes halogenated alkanes) is 15. The fraction of sp³-hybridized carbons (Fsp3) is 0.710. The van der Waals surface area contributed by atoms with E-state index in [4.69, 9.17) is 14.6 Å². The molecule has 0 aromatic heterocycles. The Balaban J connectivity index is 1.40. The fourth-order valence-electron chi connectivity index (χ4n) is 4.64. The van der Waals surface area contributed by atoms with Gasteiger partial charge in [0.05, 0.1) is 12.7 Å². The summed E-state index contributed by atoms with van der Waals surface area (Å²) in [6.45, 7) is 5.38. The Kier molecular flexibility index (Phi) is 17.1. The first kappa shape index (κ1) is 29.4. The van der Waals surface area contributed by atoms with Gasteiger partial charge in [0.1, 0.15) is 12.4 Å². The molecule has 1 aromatic carbocycles. The Morgan fingerprint density at radius 1 is 0.771 bits per heavy atom. The minimum absolute atomic E-state index is 0.145. The lowest BCUT2D eigenvalue weighted by Gasteiger charge is -2.06.